The third kappa shape index (κ3) is 5.66. The molecule has 0 saturated carbocycles. The lowest BCUT2D eigenvalue weighted by Crippen LogP contribution is -2.37. The molecule has 24 heavy (non-hydrogen) atoms. The summed E-state index contributed by atoms with van der Waals surface area (Å²) >= 11 is 0. The Bertz CT molecular complexity index is 692. The second kappa shape index (κ2) is 9.02. The fourth-order valence-corrected chi connectivity index (χ4v) is 2.99. The van der Waals surface area contributed by atoms with Gasteiger partial charge in [-0.3, -0.25) is 4.21 Å². The van der Waals surface area contributed by atoms with E-state index in [1.807, 2.05) is 61.5 Å². The molecule has 2 aromatic rings. The van der Waals surface area contributed by atoms with Crippen molar-refractivity contribution in [1.82, 2.24) is 15.6 Å². The molecule has 1 atom stereocenters. The number of nitrogens with one attached hydrogen (secondary N) is 2. The standard InChI is InChI=1S/C17H22N4O2S/c1-21(2)16-12-14(8-9-18-16)13-20-17(22)19-10-11-24(23)15-6-4-3-5-7-15/h3-9,12H,10-11,13H2,1-2H3,(H2,19,20,22). The highest BCUT2D eigenvalue weighted by Crippen LogP contribution is 2.09. The number of rotatable bonds is 7. The molecule has 2 N–H and O–H groups in total. The summed E-state index contributed by atoms with van der Waals surface area (Å²) in [5.41, 5.74) is 0.969. The van der Waals surface area contributed by atoms with Crippen LogP contribution in [0.15, 0.2) is 53.6 Å². The fraction of sp³-hybridized carbons (Fsp3) is 0.294. The van der Waals surface area contributed by atoms with Gasteiger partial charge in [0.25, 0.3) is 0 Å². The van der Waals surface area contributed by atoms with Crippen molar-refractivity contribution >= 4 is 22.6 Å². The molecular weight excluding hydrogens is 324 g/mol. The van der Waals surface area contributed by atoms with Crippen molar-refractivity contribution in [2.45, 2.75) is 11.4 Å². The predicted molar refractivity (Wildman–Crippen MR) is 96.5 cm³/mol. The van der Waals surface area contributed by atoms with Gasteiger partial charge in [-0.1, -0.05) is 18.2 Å². The van der Waals surface area contributed by atoms with Crippen molar-refractivity contribution in [3.8, 4) is 0 Å². The van der Waals surface area contributed by atoms with Crippen molar-refractivity contribution in [2.24, 2.45) is 0 Å². The smallest absolute Gasteiger partial charge is 0.315 e. The molecule has 0 aliphatic carbocycles. The van der Waals surface area contributed by atoms with Gasteiger partial charge in [0, 0.05) is 44.0 Å². The van der Waals surface area contributed by atoms with Crippen LogP contribution < -0.4 is 15.5 Å². The minimum Gasteiger partial charge on any atom is -0.363 e. The molecule has 0 bridgehead atoms. The molecule has 0 fully saturated rings. The fourth-order valence-electron chi connectivity index (χ4n) is 2.01. The zero-order chi connectivity index (χ0) is 17.4. The Morgan fingerprint density at radius 1 is 1.17 bits per heavy atom. The van der Waals surface area contributed by atoms with E-state index in [4.69, 9.17) is 0 Å². The molecule has 7 heteroatoms. The SMILES string of the molecule is CN(C)c1cc(CNC(=O)NCCS(=O)c2ccccc2)ccn1. The zero-order valence-corrected chi connectivity index (χ0v) is 14.7. The number of carbonyl (C=O) groups is 1. The first kappa shape index (κ1) is 17.9. The number of benzene rings is 1. The minimum absolute atomic E-state index is 0.275. The van der Waals surface area contributed by atoms with Gasteiger partial charge in [0.05, 0.1) is 10.8 Å². The van der Waals surface area contributed by atoms with Crippen LogP contribution in [0.3, 0.4) is 0 Å². The summed E-state index contributed by atoms with van der Waals surface area (Å²) in [5.74, 6) is 1.23. The lowest BCUT2D eigenvalue weighted by atomic mass is 10.2. The number of pyridine rings is 1. The lowest BCUT2D eigenvalue weighted by Gasteiger charge is -2.12. The van der Waals surface area contributed by atoms with E-state index in [0.717, 1.165) is 16.3 Å². The van der Waals surface area contributed by atoms with Crippen molar-refractivity contribution < 1.29 is 9.00 Å². The van der Waals surface area contributed by atoms with Crippen LogP contribution in [0.2, 0.25) is 0 Å². The van der Waals surface area contributed by atoms with Gasteiger partial charge in [-0.2, -0.15) is 0 Å². The van der Waals surface area contributed by atoms with Crippen molar-refractivity contribution in [2.75, 3.05) is 31.3 Å². The van der Waals surface area contributed by atoms with Gasteiger partial charge in [0.15, 0.2) is 0 Å². The van der Waals surface area contributed by atoms with E-state index in [9.17, 15) is 9.00 Å². The summed E-state index contributed by atoms with van der Waals surface area (Å²) in [7, 11) is 2.73. The molecule has 2 rings (SSSR count). The van der Waals surface area contributed by atoms with Crippen LogP contribution in [0.4, 0.5) is 10.6 Å². The van der Waals surface area contributed by atoms with Gasteiger partial charge < -0.3 is 15.5 Å². The molecule has 1 unspecified atom stereocenters. The summed E-state index contributed by atoms with van der Waals surface area (Å²) in [5, 5.41) is 5.51. The summed E-state index contributed by atoms with van der Waals surface area (Å²) < 4.78 is 12.0. The maximum Gasteiger partial charge on any atom is 0.315 e. The number of aromatic nitrogens is 1. The van der Waals surface area contributed by atoms with Gasteiger partial charge in [-0.15, -0.1) is 0 Å². The summed E-state index contributed by atoms with van der Waals surface area (Å²) in [4.78, 5) is 18.7. The third-order valence-corrected chi connectivity index (χ3v) is 4.67. The highest BCUT2D eigenvalue weighted by molar-refractivity contribution is 7.85. The van der Waals surface area contributed by atoms with Crippen LogP contribution in [0.1, 0.15) is 5.56 Å². The first-order valence-electron chi connectivity index (χ1n) is 7.63. The van der Waals surface area contributed by atoms with E-state index < -0.39 is 10.8 Å². The van der Waals surface area contributed by atoms with Crippen LogP contribution in [0, 0.1) is 0 Å². The Hall–Kier alpha value is -2.41. The van der Waals surface area contributed by atoms with Crippen LogP contribution in [-0.4, -0.2) is 41.6 Å². The van der Waals surface area contributed by atoms with E-state index in [0.29, 0.717) is 18.8 Å². The number of hydrogen-bond donors (Lipinski definition) is 2. The highest BCUT2D eigenvalue weighted by Gasteiger charge is 2.05. The lowest BCUT2D eigenvalue weighted by molar-refractivity contribution is 0.241. The minimum atomic E-state index is -1.10. The monoisotopic (exact) mass is 346 g/mol. The van der Waals surface area contributed by atoms with Crippen molar-refractivity contribution in [3.05, 3.63) is 54.2 Å². The molecule has 6 nitrogen and oxygen atoms in total. The van der Waals surface area contributed by atoms with Gasteiger partial charge in [-0.25, -0.2) is 9.78 Å². The average molecular weight is 346 g/mol. The molecule has 1 aromatic heterocycles. The number of anilines is 1. The normalized spacial score (nSPS) is 11.6. The van der Waals surface area contributed by atoms with Crippen molar-refractivity contribution in [1.29, 1.82) is 0 Å². The average Bonchev–Trinajstić information content (AvgIpc) is 2.61. The van der Waals surface area contributed by atoms with Crippen LogP contribution in [0.5, 0.6) is 0 Å². The number of urea groups is 1. The maximum atomic E-state index is 12.0. The van der Waals surface area contributed by atoms with Crippen LogP contribution in [-0.2, 0) is 17.3 Å². The van der Waals surface area contributed by atoms with E-state index in [1.165, 1.54) is 0 Å². The van der Waals surface area contributed by atoms with Gasteiger partial charge in [-0.05, 0) is 29.8 Å². The Morgan fingerprint density at radius 3 is 2.62 bits per heavy atom. The third-order valence-electron chi connectivity index (χ3n) is 3.30. The maximum absolute atomic E-state index is 12.0. The molecule has 1 aromatic carbocycles. The number of nitrogens with zero attached hydrogens (tertiary/aromatic N) is 2. The number of carbonyl (C=O) groups excluding carboxylic acids is 1. The van der Waals surface area contributed by atoms with Gasteiger partial charge in [0.1, 0.15) is 5.82 Å². The van der Waals surface area contributed by atoms with Crippen LogP contribution in [0.25, 0.3) is 0 Å². The molecule has 2 amide bonds. The van der Waals surface area contributed by atoms with E-state index >= 15 is 0 Å². The van der Waals surface area contributed by atoms with Gasteiger partial charge >= 0.3 is 6.03 Å². The Kier molecular flexibility index (Phi) is 6.74. The second-order valence-electron chi connectivity index (χ2n) is 5.39. The Morgan fingerprint density at radius 2 is 1.92 bits per heavy atom. The molecule has 0 radical (unpaired) electrons. The molecular formula is C17H22N4O2S. The second-order valence-corrected chi connectivity index (χ2v) is 6.96. The quantitative estimate of drug-likeness (QED) is 0.801. The zero-order valence-electron chi connectivity index (χ0n) is 13.9. The van der Waals surface area contributed by atoms with Gasteiger partial charge in [0.2, 0.25) is 0 Å². The van der Waals surface area contributed by atoms with Crippen LogP contribution >= 0.6 is 0 Å². The topological polar surface area (TPSA) is 74.3 Å². The first-order valence-corrected chi connectivity index (χ1v) is 8.95. The molecule has 0 aliphatic heterocycles. The van der Waals surface area contributed by atoms with E-state index in [2.05, 4.69) is 15.6 Å². The predicted octanol–water partition coefficient (Wildman–Crippen LogP) is 1.75. The summed E-state index contributed by atoms with van der Waals surface area (Å²) in [6, 6.07) is 12.7. The summed E-state index contributed by atoms with van der Waals surface area (Å²) in [6.45, 7) is 0.767. The Balaban J connectivity index is 1.72. The summed E-state index contributed by atoms with van der Waals surface area (Å²) in [6.07, 6.45) is 1.72. The number of hydrogen-bond acceptors (Lipinski definition) is 4. The molecule has 0 aliphatic rings. The number of amides is 2. The molecule has 0 spiro atoms. The molecule has 0 saturated heterocycles. The first-order chi connectivity index (χ1) is 11.6. The largest absolute Gasteiger partial charge is 0.363 e. The highest BCUT2D eigenvalue weighted by atomic mass is 32.2. The van der Waals surface area contributed by atoms with E-state index in [1.54, 1.807) is 6.20 Å². The Labute approximate surface area is 144 Å². The van der Waals surface area contributed by atoms with E-state index in [-0.39, 0.29) is 6.03 Å². The van der Waals surface area contributed by atoms with Crippen molar-refractivity contribution in [3.63, 3.8) is 0 Å². The molecule has 128 valence electrons. The molecule has 1 heterocycles.